The average Bonchev–Trinajstić information content (AvgIpc) is 2.85. The first-order valence-corrected chi connectivity index (χ1v) is 12.0. The van der Waals surface area contributed by atoms with Crippen LogP contribution in [0.4, 0.5) is 13.2 Å². The number of nitrogens with two attached hydrogens (primary N) is 1. The highest BCUT2D eigenvalue weighted by Crippen LogP contribution is 2.36. The maximum atomic E-state index is 13.0. The van der Waals surface area contributed by atoms with E-state index < -0.39 is 18.4 Å². The van der Waals surface area contributed by atoms with E-state index in [1.807, 2.05) is 12.1 Å². The fourth-order valence-corrected chi connectivity index (χ4v) is 5.03. The maximum absolute atomic E-state index is 13.0. The zero-order valence-electron chi connectivity index (χ0n) is 19.7. The number of hydrogen-bond donors (Lipinski definition) is 2. The second-order valence-corrected chi connectivity index (χ2v) is 9.34. The number of nitrogens with zero attached hydrogens (tertiary/aromatic N) is 1. The molecule has 2 aromatic rings. The molecule has 0 radical (unpaired) electrons. The van der Waals surface area contributed by atoms with Crippen molar-refractivity contribution in [2.45, 2.75) is 31.5 Å². The SMILES string of the molecule is COc1ccc(CNC(=O)C2=CN(Cc3ccc(OC(F)(F)F)cc3)C3C(=O)[C@@H](N)CSC3=C2)cc1.Cl. The number of alkyl halides is 3. The Morgan fingerprint density at radius 2 is 1.73 bits per heavy atom. The lowest BCUT2D eigenvalue weighted by Gasteiger charge is -2.39. The first kappa shape index (κ1) is 28.4. The first-order valence-electron chi connectivity index (χ1n) is 11.0. The quantitative estimate of drug-likeness (QED) is 0.535. The van der Waals surface area contributed by atoms with Crippen LogP contribution in [-0.2, 0) is 22.7 Å². The number of ketones is 1. The molecule has 37 heavy (non-hydrogen) atoms. The minimum atomic E-state index is -4.78. The Hall–Kier alpha value is -3.15. The minimum absolute atomic E-state index is 0. The molecule has 0 saturated carbocycles. The van der Waals surface area contributed by atoms with Crippen molar-refractivity contribution in [2.75, 3.05) is 12.9 Å². The summed E-state index contributed by atoms with van der Waals surface area (Å²) in [4.78, 5) is 28.3. The standard InChI is InChI=1S/C25H24F3N3O4S.ClH/c1-34-18-6-2-15(3-7-18)11-30-24(33)17-10-21-22(23(32)20(29)14-36-21)31(13-17)12-16-4-8-19(9-5-16)35-25(26,27)28;/h2-10,13,20,22H,11-12,14,29H2,1H3,(H,30,33);1H/t20-,22?;/m0./s1. The Morgan fingerprint density at radius 1 is 1.11 bits per heavy atom. The summed E-state index contributed by atoms with van der Waals surface area (Å²) in [5.74, 6) is 0.274. The average molecular weight is 556 g/mol. The zero-order chi connectivity index (χ0) is 25.9. The monoisotopic (exact) mass is 555 g/mol. The molecular formula is C25H25ClF3N3O4S. The minimum Gasteiger partial charge on any atom is -0.497 e. The fourth-order valence-electron chi connectivity index (χ4n) is 3.88. The third kappa shape index (κ3) is 7.21. The van der Waals surface area contributed by atoms with Gasteiger partial charge in [0, 0.05) is 29.9 Å². The van der Waals surface area contributed by atoms with Gasteiger partial charge in [-0.05, 0) is 41.5 Å². The van der Waals surface area contributed by atoms with E-state index in [0.29, 0.717) is 34.1 Å². The molecule has 2 aliphatic heterocycles. The van der Waals surface area contributed by atoms with E-state index in [2.05, 4.69) is 10.1 Å². The molecular weight excluding hydrogens is 531 g/mol. The van der Waals surface area contributed by atoms with Crippen LogP contribution in [0, 0.1) is 0 Å². The van der Waals surface area contributed by atoms with Crippen molar-refractivity contribution in [1.29, 1.82) is 0 Å². The number of thioether (sulfide) groups is 1. The highest BCUT2D eigenvalue weighted by atomic mass is 35.5. The smallest absolute Gasteiger partial charge is 0.497 e. The van der Waals surface area contributed by atoms with E-state index in [-0.39, 0.29) is 36.4 Å². The Labute approximate surface area is 222 Å². The third-order valence-corrected chi connectivity index (χ3v) is 6.86. The van der Waals surface area contributed by atoms with Gasteiger partial charge >= 0.3 is 6.36 Å². The molecule has 7 nitrogen and oxygen atoms in total. The summed E-state index contributed by atoms with van der Waals surface area (Å²) in [5, 5.41) is 2.87. The number of ether oxygens (including phenoxy) is 2. The summed E-state index contributed by atoms with van der Waals surface area (Å²) in [6, 6.07) is 11.4. The van der Waals surface area contributed by atoms with Crippen LogP contribution >= 0.6 is 24.2 Å². The van der Waals surface area contributed by atoms with Gasteiger partial charge in [-0.3, -0.25) is 9.59 Å². The van der Waals surface area contributed by atoms with Crippen molar-refractivity contribution in [3.05, 3.63) is 82.4 Å². The largest absolute Gasteiger partial charge is 0.573 e. The highest BCUT2D eigenvalue weighted by molar-refractivity contribution is 8.03. The third-order valence-electron chi connectivity index (χ3n) is 5.66. The number of fused-ring (bicyclic) bond motifs is 1. The van der Waals surface area contributed by atoms with Gasteiger partial charge in [0.05, 0.1) is 18.7 Å². The van der Waals surface area contributed by atoms with Crippen molar-refractivity contribution in [1.82, 2.24) is 10.2 Å². The van der Waals surface area contributed by atoms with E-state index in [9.17, 15) is 22.8 Å². The van der Waals surface area contributed by atoms with Gasteiger partial charge in [0.15, 0.2) is 5.78 Å². The maximum Gasteiger partial charge on any atom is 0.573 e. The van der Waals surface area contributed by atoms with Crippen molar-refractivity contribution in [3.8, 4) is 11.5 Å². The zero-order valence-corrected chi connectivity index (χ0v) is 21.3. The second-order valence-electron chi connectivity index (χ2n) is 8.25. The summed E-state index contributed by atoms with van der Waals surface area (Å²) in [7, 11) is 1.57. The molecule has 198 valence electrons. The number of nitrogens with one attached hydrogen (secondary N) is 1. The molecule has 0 aromatic heterocycles. The van der Waals surface area contributed by atoms with Gasteiger partial charge in [-0.15, -0.1) is 37.3 Å². The summed E-state index contributed by atoms with van der Waals surface area (Å²) in [5.41, 5.74) is 7.88. The lowest BCUT2D eigenvalue weighted by atomic mass is 9.98. The van der Waals surface area contributed by atoms with Gasteiger partial charge in [-0.25, -0.2) is 0 Å². The number of carbonyl (C=O) groups is 2. The van der Waals surface area contributed by atoms with Crippen LogP contribution in [0.2, 0.25) is 0 Å². The lowest BCUT2D eigenvalue weighted by molar-refractivity contribution is -0.274. The summed E-state index contributed by atoms with van der Waals surface area (Å²) >= 11 is 1.42. The Morgan fingerprint density at radius 3 is 2.35 bits per heavy atom. The molecule has 2 aliphatic rings. The molecule has 2 atom stereocenters. The second kappa shape index (κ2) is 11.9. The number of benzene rings is 2. The normalized spacial score (nSPS) is 19.2. The van der Waals surface area contributed by atoms with E-state index >= 15 is 0 Å². The van der Waals surface area contributed by atoms with Crippen molar-refractivity contribution < 1.29 is 32.2 Å². The van der Waals surface area contributed by atoms with Gasteiger partial charge in [-0.1, -0.05) is 24.3 Å². The van der Waals surface area contributed by atoms with Crippen molar-refractivity contribution in [3.63, 3.8) is 0 Å². The van der Waals surface area contributed by atoms with Crippen LogP contribution < -0.4 is 20.5 Å². The molecule has 2 heterocycles. The van der Waals surface area contributed by atoms with Crippen LogP contribution in [-0.4, -0.2) is 47.9 Å². The fraction of sp³-hybridized carbons (Fsp3) is 0.280. The molecule has 1 fully saturated rings. The van der Waals surface area contributed by atoms with E-state index in [0.717, 1.165) is 5.56 Å². The number of Topliss-reactive ketones (excluding diaryl/α,β-unsaturated/α-hetero) is 1. The van der Waals surface area contributed by atoms with E-state index in [1.165, 1.54) is 36.0 Å². The molecule has 0 spiro atoms. The van der Waals surface area contributed by atoms with Crippen LogP contribution in [0.15, 0.2) is 71.3 Å². The summed E-state index contributed by atoms with van der Waals surface area (Å²) < 4.78 is 46.5. The molecule has 1 amide bonds. The Balaban J connectivity index is 0.00000380. The van der Waals surface area contributed by atoms with Gasteiger partial charge in [0.2, 0.25) is 0 Å². The number of methoxy groups -OCH3 is 1. The predicted octanol–water partition coefficient (Wildman–Crippen LogP) is 3.93. The Kier molecular flexibility index (Phi) is 9.16. The topological polar surface area (TPSA) is 93.9 Å². The van der Waals surface area contributed by atoms with Gasteiger partial charge in [0.1, 0.15) is 17.5 Å². The molecule has 0 aliphatic carbocycles. The first-order chi connectivity index (χ1) is 17.1. The van der Waals surface area contributed by atoms with Gasteiger partial charge in [0.25, 0.3) is 5.91 Å². The Bertz CT molecular complexity index is 1190. The van der Waals surface area contributed by atoms with Crippen LogP contribution in [0.5, 0.6) is 11.5 Å². The number of hydrogen-bond acceptors (Lipinski definition) is 7. The van der Waals surface area contributed by atoms with Gasteiger partial charge < -0.3 is 25.4 Å². The number of carbonyl (C=O) groups excluding carboxylic acids is 2. The van der Waals surface area contributed by atoms with Gasteiger partial charge in [-0.2, -0.15) is 0 Å². The molecule has 3 N–H and O–H groups in total. The summed E-state index contributed by atoms with van der Waals surface area (Å²) in [6.07, 6.45) is -1.50. The van der Waals surface area contributed by atoms with Crippen LogP contribution in [0.1, 0.15) is 11.1 Å². The summed E-state index contributed by atoms with van der Waals surface area (Å²) in [6.45, 7) is 0.479. The molecule has 1 saturated heterocycles. The number of amides is 1. The van der Waals surface area contributed by atoms with E-state index in [4.69, 9.17) is 10.5 Å². The van der Waals surface area contributed by atoms with Crippen LogP contribution in [0.3, 0.4) is 0 Å². The van der Waals surface area contributed by atoms with Crippen molar-refractivity contribution in [2.24, 2.45) is 5.73 Å². The molecule has 1 unspecified atom stereocenters. The van der Waals surface area contributed by atoms with Crippen LogP contribution in [0.25, 0.3) is 0 Å². The number of halogens is 4. The van der Waals surface area contributed by atoms with Crippen molar-refractivity contribution >= 4 is 35.9 Å². The highest BCUT2D eigenvalue weighted by Gasteiger charge is 2.39. The molecule has 4 rings (SSSR count). The number of rotatable bonds is 7. The molecule has 2 aromatic carbocycles. The lowest BCUT2D eigenvalue weighted by Crippen LogP contribution is -2.52. The van der Waals surface area contributed by atoms with E-state index in [1.54, 1.807) is 36.4 Å². The predicted molar refractivity (Wildman–Crippen MR) is 136 cm³/mol. The molecule has 12 heteroatoms. The molecule has 0 bridgehead atoms.